The van der Waals surface area contributed by atoms with Gasteiger partial charge in [-0.15, -0.1) is 0 Å². The van der Waals surface area contributed by atoms with Crippen LogP contribution < -0.4 is 86.7 Å². The highest BCUT2D eigenvalue weighted by Gasteiger charge is 2.41. The smallest absolute Gasteiger partial charge is 0.322 e. The second-order valence-corrected chi connectivity index (χ2v) is 26.8. The van der Waals surface area contributed by atoms with Crippen molar-refractivity contribution in [1.29, 1.82) is 0 Å². The highest BCUT2D eigenvalue weighted by atomic mass is 16.4. The Kier molecular flexibility index (Phi) is 40.4. The number of aliphatic hydroxyl groups is 1. The van der Waals surface area contributed by atoms with Crippen LogP contribution in [0.2, 0.25) is 0 Å². The predicted octanol–water partition coefficient (Wildman–Crippen LogP) is -5.76. The van der Waals surface area contributed by atoms with Crippen LogP contribution in [-0.2, 0) is 94.3 Å². The fourth-order valence-corrected chi connectivity index (χ4v) is 11.3. The lowest BCUT2D eigenvalue weighted by atomic mass is 9.96. The van der Waals surface area contributed by atoms with E-state index in [0.717, 1.165) is 4.90 Å². The van der Waals surface area contributed by atoms with E-state index in [9.17, 15) is 107 Å². The highest BCUT2D eigenvalue weighted by Crippen LogP contribution is 2.20. The number of nitrogens with zero attached hydrogens (tertiary/aromatic N) is 1. The average Bonchev–Trinajstić information content (AvgIpc) is 1.80. The molecule has 1 saturated heterocycles. The number of hydrogen-bond donors (Lipinski definition) is 21. The molecule has 0 aliphatic carbocycles. The van der Waals surface area contributed by atoms with Gasteiger partial charge in [-0.25, -0.2) is 0 Å². The first-order valence-electron chi connectivity index (χ1n) is 35.9. The van der Waals surface area contributed by atoms with Gasteiger partial charge in [0.15, 0.2) is 0 Å². The molecule has 1 aliphatic rings. The fourth-order valence-electron chi connectivity index (χ4n) is 11.3. The quantitative estimate of drug-likeness (QED) is 0.0274. The summed E-state index contributed by atoms with van der Waals surface area (Å²) in [5.41, 5.74) is 23.4. The molecule has 39 nitrogen and oxygen atoms in total. The van der Waals surface area contributed by atoms with Gasteiger partial charge in [-0.3, -0.25) is 81.5 Å². The van der Waals surface area contributed by atoms with Gasteiger partial charge in [-0.05, 0) is 119 Å². The minimum Gasteiger partial charge on any atom is -0.508 e. The van der Waals surface area contributed by atoms with Crippen LogP contribution in [0.25, 0.3) is 0 Å². The lowest BCUT2D eigenvalue weighted by molar-refractivity contribution is -0.143. The molecular formula is C70H107N17O22. The fraction of sp³-hybridized carbons (Fsp3) is 0.586. The summed E-state index contributed by atoms with van der Waals surface area (Å²) < 4.78 is 0. The van der Waals surface area contributed by atoms with E-state index in [2.05, 4.69) is 63.8 Å². The van der Waals surface area contributed by atoms with Crippen LogP contribution in [-0.4, -0.2) is 243 Å². The van der Waals surface area contributed by atoms with E-state index in [4.69, 9.17) is 22.9 Å². The molecule has 0 saturated carbocycles. The number of carbonyl (C=O) groups excluding carboxylic acids is 14. The number of primary amides is 1. The minimum atomic E-state index is -1.90. The highest BCUT2D eigenvalue weighted by molar-refractivity contribution is 6.01. The van der Waals surface area contributed by atoms with Crippen LogP contribution in [0.5, 0.6) is 5.75 Å². The first kappa shape index (κ1) is 92.3. The maximum Gasteiger partial charge on any atom is 0.322 e. The van der Waals surface area contributed by atoms with Gasteiger partial charge in [-0.1, -0.05) is 76.6 Å². The van der Waals surface area contributed by atoms with Crippen molar-refractivity contribution in [1.82, 2.24) is 68.7 Å². The molecule has 1 fully saturated rings. The number of phenols is 1. The molecule has 0 radical (unpaired) electrons. The number of amides is 14. The number of aromatic hydroxyl groups is 1. The van der Waals surface area contributed by atoms with Crippen LogP contribution in [0, 0.1) is 11.8 Å². The zero-order chi connectivity index (χ0) is 81.6. The molecular weight excluding hydrogens is 1430 g/mol. The van der Waals surface area contributed by atoms with Crippen LogP contribution in [0.4, 0.5) is 0 Å². The Morgan fingerprint density at radius 3 is 1.41 bits per heavy atom. The Labute approximate surface area is 629 Å². The van der Waals surface area contributed by atoms with Gasteiger partial charge in [0.05, 0.1) is 25.6 Å². The van der Waals surface area contributed by atoms with Gasteiger partial charge in [0, 0.05) is 32.2 Å². The summed E-state index contributed by atoms with van der Waals surface area (Å²) in [7, 11) is 0. The molecule has 604 valence electrons. The minimum absolute atomic E-state index is 0.0224. The van der Waals surface area contributed by atoms with E-state index < -0.39 is 243 Å². The number of benzene rings is 2. The molecule has 1 heterocycles. The Morgan fingerprint density at radius 2 is 0.927 bits per heavy atom. The number of aliphatic carboxylic acids is 3. The topological polar surface area (TPSA) is 643 Å². The van der Waals surface area contributed by atoms with E-state index in [1.165, 1.54) is 52.0 Å². The summed E-state index contributed by atoms with van der Waals surface area (Å²) in [5, 5.41) is 78.3. The van der Waals surface area contributed by atoms with E-state index in [-0.39, 0.29) is 57.4 Å². The van der Waals surface area contributed by atoms with Crippen LogP contribution >= 0.6 is 0 Å². The van der Waals surface area contributed by atoms with Crippen molar-refractivity contribution in [3.8, 4) is 5.75 Å². The summed E-state index contributed by atoms with van der Waals surface area (Å²) in [4.78, 5) is 230. The maximum atomic E-state index is 14.6. The van der Waals surface area contributed by atoms with E-state index in [1.807, 2.05) is 0 Å². The van der Waals surface area contributed by atoms with Gasteiger partial charge >= 0.3 is 17.9 Å². The normalized spacial score (nSPS) is 15.8. The Morgan fingerprint density at radius 1 is 0.486 bits per heavy atom. The molecule has 1 aliphatic heterocycles. The van der Waals surface area contributed by atoms with Crippen molar-refractivity contribution >= 4 is 101 Å². The van der Waals surface area contributed by atoms with Gasteiger partial charge < -0.3 is 117 Å². The van der Waals surface area contributed by atoms with E-state index in [0.29, 0.717) is 43.4 Å². The third-order valence-electron chi connectivity index (χ3n) is 17.6. The van der Waals surface area contributed by atoms with Gasteiger partial charge in [0.2, 0.25) is 82.7 Å². The zero-order valence-corrected chi connectivity index (χ0v) is 61.8. The van der Waals surface area contributed by atoms with Gasteiger partial charge in [0.25, 0.3) is 0 Å². The van der Waals surface area contributed by atoms with Crippen molar-refractivity contribution < 1.29 is 107 Å². The molecule has 0 aromatic heterocycles. The Hall–Kier alpha value is -10.9. The van der Waals surface area contributed by atoms with Crippen LogP contribution in [0.3, 0.4) is 0 Å². The third kappa shape index (κ3) is 33.0. The summed E-state index contributed by atoms with van der Waals surface area (Å²) in [6.45, 7) is 5.28. The zero-order valence-electron chi connectivity index (χ0n) is 61.8. The summed E-state index contributed by atoms with van der Waals surface area (Å²) >= 11 is 0. The number of carboxylic acid groups (broad SMARTS) is 3. The number of aliphatic hydroxyl groups excluding tert-OH is 1. The van der Waals surface area contributed by atoms with Crippen molar-refractivity contribution in [2.45, 2.75) is 210 Å². The SMILES string of the molecule is CC[C@H](C)[C@H](NC(=O)[C@H](CC(N)=O)NC(=O)[C@@H](NC(=O)[C@H](Cc1ccc(O)cc1)NC(=O)[C@H](CCC(=O)O)NC(=O)CNC(=O)[C@@H]1CCCN1C(=O)[C@H](CO)NC(=O)[C@H](CCCCN)NC(=O)[C@H](CCCCN)NC(=O)[C@H](C)N)C(C)C)C(=O)N[C@@H](CCC(=O)O)C(=O)N[C@@H](Cc1ccccc1)C(=O)NCC(=O)O. The number of likely N-dealkylation sites (tertiary alicyclic amines) is 1. The summed E-state index contributed by atoms with van der Waals surface area (Å²) in [5.74, 6) is -20.0. The molecule has 2 aromatic rings. The molecule has 0 bridgehead atoms. The monoisotopic (exact) mass is 1540 g/mol. The van der Waals surface area contributed by atoms with Gasteiger partial charge in [0.1, 0.15) is 78.8 Å². The number of rotatable bonds is 50. The molecule has 3 rings (SSSR count). The molecule has 39 heteroatoms. The third-order valence-corrected chi connectivity index (χ3v) is 17.6. The maximum absolute atomic E-state index is 14.6. The van der Waals surface area contributed by atoms with Crippen molar-refractivity contribution in [2.24, 2.45) is 34.8 Å². The number of nitrogens with two attached hydrogens (primary N) is 4. The lowest BCUT2D eigenvalue weighted by Gasteiger charge is -2.30. The largest absolute Gasteiger partial charge is 0.508 e. The lowest BCUT2D eigenvalue weighted by Crippen LogP contribution is -2.62. The van der Waals surface area contributed by atoms with Crippen molar-refractivity contribution in [3.63, 3.8) is 0 Å². The molecule has 25 N–H and O–H groups in total. The number of carboxylic acids is 3. The molecule has 0 spiro atoms. The predicted molar refractivity (Wildman–Crippen MR) is 388 cm³/mol. The van der Waals surface area contributed by atoms with E-state index >= 15 is 0 Å². The number of unbranched alkanes of at least 4 members (excludes halogenated alkanes) is 2. The molecule has 109 heavy (non-hydrogen) atoms. The molecule has 0 unspecified atom stereocenters. The molecule has 13 atom stereocenters. The number of nitrogens with one attached hydrogen (secondary N) is 12. The van der Waals surface area contributed by atoms with Crippen LogP contribution in [0.1, 0.15) is 136 Å². The summed E-state index contributed by atoms with van der Waals surface area (Å²) in [6, 6.07) is -4.63. The average molecular weight is 1540 g/mol. The molecule has 2 aromatic carbocycles. The summed E-state index contributed by atoms with van der Waals surface area (Å²) in [6.07, 6.45) is -1.81. The number of hydrogen-bond acceptors (Lipinski definition) is 22. The first-order chi connectivity index (χ1) is 51.5. The Bertz CT molecular complexity index is 3460. The van der Waals surface area contributed by atoms with Crippen molar-refractivity contribution in [2.75, 3.05) is 39.3 Å². The number of carbonyl (C=O) groups is 17. The Balaban J connectivity index is 1.87. The number of phenolic OH excluding ortho intramolecular Hbond substituents is 1. The molecule has 14 amide bonds. The van der Waals surface area contributed by atoms with Crippen molar-refractivity contribution in [3.05, 3.63) is 65.7 Å². The second-order valence-electron chi connectivity index (χ2n) is 26.8. The second kappa shape index (κ2) is 47.7. The van der Waals surface area contributed by atoms with Gasteiger partial charge in [-0.2, -0.15) is 0 Å². The van der Waals surface area contributed by atoms with Crippen LogP contribution in [0.15, 0.2) is 54.6 Å². The standard InChI is InChI=1S/C70H107N17O22/c1-6-38(4)58(69(108)80-46(25-27-55(94)95)64(103)81-47(60(99)76-35-56(96)97)31-40-15-8-7-9-16-40)86-66(105)49(33-52(74)90)83-68(107)57(37(2)3)85-65(104)48(32-41-20-22-42(89)23-21-41)82-63(102)45(24-26-54(92)93)77-53(91)34-75-67(106)51-19-14-30-87(51)70(109)50(36-88)84-62(101)44(18-11-13-29-72)79-61(100)43(17-10-12-28-71)78-59(98)39(5)73/h7-9,15-16,20-23,37-39,43-51,57-58,88-89H,6,10-14,17-19,24-36,71-73H2,1-5H3,(H2,74,90)(H,75,106)(H,76,99)(H,77,91)(H,78,98)(H,79,100)(H,80,108)(H,81,103)(H,82,102)(H,83,107)(H,84,101)(H,85,104)(H,86,105)(H,92,93)(H,94,95)(H,96,97)/t38-,39-,43-,44-,45-,46-,47-,48-,49-,50-,51-,57-,58-/m0/s1. The first-order valence-corrected chi connectivity index (χ1v) is 35.9. The van der Waals surface area contributed by atoms with E-state index in [1.54, 1.807) is 37.3 Å².